The molecule has 3 heteroatoms. The Morgan fingerprint density at radius 2 is 1.88 bits per heavy atom. The highest BCUT2D eigenvalue weighted by atomic mass is 15.1. The number of rotatable bonds is 8. The van der Waals surface area contributed by atoms with Gasteiger partial charge in [0.05, 0.1) is 5.84 Å². The van der Waals surface area contributed by atoms with E-state index in [2.05, 4.69) is 36.2 Å². The molecule has 0 aliphatic rings. The minimum Gasteiger partial charge on any atom is -0.388 e. The highest BCUT2D eigenvalue weighted by Crippen LogP contribution is 2.05. The van der Waals surface area contributed by atoms with Gasteiger partial charge in [0, 0.05) is 13.0 Å². The molecule has 17 heavy (non-hydrogen) atoms. The number of benzene rings is 1. The Labute approximate surface area is 104 Å². The summed E-state index contributed by atoms with van der Waals surface area (Å²) < 4.78 is 0. The molecule has 3 N–H and O–H groups in total. The maximum absolute atomic E-state index is 7.13. The van der Waals surface area contributed by atoms with E-state index in [9.17, 15) is 0 Å². The van der Waals surface area contributed by atoms with Crippen molar-refractivity contribution in [3.8, 4) is 0 Å². The molecule has 0 aromatic heterocycles. The zero-order valence-corrected chi connectivity index (χ0v) is 10.7. The molecule has 0 amide bonds. The second kappa shape index (κ2) is 7.85. The van der Waals surface area contributed by atoms with Gasteiger partial charge in [0.1, 0.15) is 0 Å². The minimum atomic E-state index is 0.308. The molecule has 0 atom stereocenters. The molecule has 0 spiro atoms. The lowest BCUT2D eigenvalue weighted by Crippen LogP contribution is -2.19. The first kappa shape index (κ1) is 13.7. The quantitative estimate of drug-likeness (QED) is 0.412. The fraction of sp³-hybridized carbons (Fsp3) is 0.500. The fourth-order valence-corrected chi connectivity index (χ4v) is 1.85. The van der Waals surface area contributed by atoms with Crippen molar-refractivity contribution < 1.29 is 0 Å². The number of hydrogen-bond donors (Lipinski definition) is 2. The van der Waals surface area contributed by atoms with E-state index in [0.717, 1.165) is 32.4 Å². The van der Waals surface area contributed by atoms with Crippen LogP contribution in [-0.4, -0.2) is 24.3 Å². The molecule has 0 aliphatic carbocycles. The lowest BCUT2D eigenvalue weighted by atomic mass is 10.1. The van der Waals surface area contributed by atoms with Crippen LogP contribution in [0.1, 0.15) is 31.2 Å². The lowest BCUT2D eigenvalue weighted by Gasteiger charge is -2.16. The molecule has 0 fully saturated rings. The van der Waals surface area contributed by atoms with Crippen LogP contribution >= 0.6 is 0 Å². The average Bonchev–Trinajstić information content (AvgIpc) is 2.29. The van der Waals surface area contributed by atoms with Crippen LogP contribution in [0.3, 0.4) is 0 Å². The van der Waals surface area contributed by atoms with Gasteiger partial charge in [-0.2, -0.15) is 0 Å². The van der Waals surface area contributed by atoms with E-state index in [0.29, 0.717) is 5.84 Å². The van der Waals surface area contributed by atoms with Gasteiger partial charge in [0.15, 0.2) is 0 Å². The summed E-state index contributed by atoms with van der Waals surface area (Å²) in [5.41, 5.74) is 6.67. The van der Waals surface area contributed by atoms with Gasteiger partial charge in [0.25, 0.3) is 0 Å². The van der Waals surface area contributed by atoms with Gasteiger partial charge >= 0.3 is 0 Å². The Bertz CT molecular complexity index is 321. The Morgan fingerprint density at radius 1 is 1.18 bits per heavy atom. The third-order valence-electron chi connectivity index (χ3n) is 2.78. The lowest BCUT2D eigenvalue weighted by molar-refractivity contribution is 0.317. The monoisotopic (exact) mass is 233 g/mol. The summed E-state index contributed by atoms with van der Waals surface area (Å²) in [5, 5.41) is 7.13. The van der Waals surface area contributed by atoms with Gasteiger partial charge in [-0.05, 0) is 32.0 Å². The second-order valence-electron chi connectivity index (χ2n) is 4.56. The number of unbranched alkanes of at least 4 members (excludes halogenated alkanes) is 2. The summed E-state index contributed by atoms with van der Waals surface area (Å²) in [4.78, 5) is 2.34. The molecule has 1 aromatic carbocycles. The largest absolute Gasteiger partial charge is 0.388 e. The van der Waals surface area contributed by atoms with E-state index in [1.54, 1.807) is 0 Å². The number of nitrogens with zero attached hydrogens (tertiary/aromatic N) is 1. The molecule has 0 radical (unpaired) electrons. The summed E-state index contributed by atoms with van der Waals surface area (Å²) >= 11 is 0. The number of amidine groups is 1. The summed E-state index contributed by atoms with van der Waals surface area (Å²) in [5.74, 6) is 0.308. The Morgan fingerprint density at radius 3 is 2.53 bits per heavy atom. The van der Waals surface area contributed by atoms with Crippen LogP contribution in [0.25, 0.3) is 0 Å². The molecular formula is C14H23N3. The number of nitrogens with one attached hydrogen (secondary N) is 1. The highest BCUT2D eigenvalue weighted by Gasteiger charge is 1.99. The van der Waals surface area contributed by atoms with Gasteiger partial charge in [-0.15, -0.1) is 0 Å². The van der Waals surface area contributed by atoms with Crippen molar-refractivity contribution in [2.45, 2.75) is 32.2 Å². The maximum Gasteiger partial charge on any atom is 0.0905 e. The maximum atomic E-state index is 7.13. The van der Waals surface area contributed by atoms with Gasteiger partial charge in [-0.1, -0.05) is 36.8 Å². The van der Waals surface area contributed by atoms with Crippen molar-refractivity contribution in [3.63, 3.8) is 0 Å². The Balaban J connectivity index is 2.09. The van der Waals surface area contributed by atoms with Crippen molar-refractivity contribution in [1.82, 2.24) is 4.90 Å². The van der Waals surface area contributed by atoms with Crippen LogP contribution < -0.4 is 5.73 Å². The molecule has 0 bridgehead atoms. The van der Waals surface area contributed by atoms with E-state index in [4.69, 9.17) is 11.1 Å². The topological polar surface area (TPSA) is 53.1 Å². The minimum absolute atomic E-state index is 0.308. The average molecular weight is 233 g/mol. The van der Waals surface area contributed by atoms with E-state index in [1.165, 1.54) is 12.0 Å². The predicted molar refractivity (Wildman–Crippen MR) is 73.2 cm³/mol. The van der Waals surface area contributed by atoms with Gasteiger partial charge in [-0.25, -0.2) is 0 Å². The third-order valence-corrected chi connectivity index (χ3v) is 2.78. The molecule has 0 aliphatic heterocycles. The van der Waals surface area contributed by atoms with Crippen molar-refractivity contribution in [2.24, 2.45) is 5.73 Å². The first-order chi connectivity index (χ1) is 8.18. The van der Waals surface area contributed by atoms with Gasteiger partial charge in [0.2, 0.25) is 0 Å². The molecule has 3 nitrogen and oxygen atoms in total. The molecular weight excluding hydrogens is 210 g/mol. The van der Waals surface area contributed by atoms with Crippen molar-refractivity contribution in [2.75, 3.05) is 13.6 Å². The van der Waals surface area contributed by atoms with Crippen LogP contribution in [0.15, 0.2) is 30.3 Å². The molecule has 0 heterocycles. The van der Waals surface area contributed by atoms with Crippen molar-refractivity contribution in [3.05, 3.63) is 35.9 Å². The van der Waals surface area contributed by atoms with Gasteiger partial charge in [-0.3, -0.25) is 5.41 Å². The van der Waals surface area contributed by atoms with Crippen molar-refractivity contribution >= 4 is 5.84 Å². The first-order valence-corrected chi connectivity index (χ1v) is 6.24. The van der Waals surface area contributed by atoms with Crippen LogP contribution in [0.5, 0.6) is 0 Å². The summed E-state index contributed by atoms with van der Waals surface area (Å²) in [6.45, 7) is 2.11. The zero-order chi connectivity index (χ0) is 12.5. The SMILES string of the molecule is CN(CCCCCC(=N)N)Cc1ccccc1. The summed E-state index contributed by atoms with van der Waals surface area (Å²) in [6.07, 6.45) is 4.10. The molecule has 0 saturated heterocycles. The van der Waals surface area contributed by atoms with Crippen molar-refractivity contribution in [1.29, 1.82) is 5.41 Å². The van der Waals surface area contributed by atoms with E-state index in [1.807, 2.05) is 6.07 Å². The number of hydrogen-bond acceptors (Lipinski definition) is 2. The molecule has 1 aromatic rings. The predicted octanol–water partition coefficient (Wildman–Crippen LogP) is 2.61. The van der Waals surface area contributed by atoms with Crippen LogP contribution in [-0.2, 0) is 6.54 Å². The normalized spacial score (nSPS) is 10.7. The molecule has 0 unspecified atom stereocenters. The second-order valence-corrected chi connectivity index (χ2v) is 4.56. The van der Waals surface area contributed by atoms with Gasteiger partial charge < -0.3 is 10.6 Å². The Kier molecular flexibility index (Phi) is 6.33. The zero-order valence-electron chi connectivity index (χ0n) is 10.7. The smallest absolute Gasteiger partial charge is 0.0905 e. The summed E-state index contributed by atoms with van der Waals surface area (Å²) in [7, 11) is 2.15. The first-order valence-electron chi connectivity index (χ1n) is 6.24. The number of nitrogens with two attached hydrogens (primary N) is 1. The standard InChI is InChI=1S/C14H23N3/c1-17(11-7-3-6-10-14(15)16)12-13-8-4-2-5-9-13/h2,4-5,8-9H,3,6-7,10-12H2,1H3,(H3,15,16). The molecule has 94 valence electrons. The highest BCUT2D eigenvalue weighted by molar-refractivity contribution is 5.76. The van der Waals surface area contributed by atoms with E-state index < -0.39 is 0 Å². The van der Waals surface area contributed by atoms with Crippen LogP contribution in [0, 0.1) is 5.41 Å². The van der Waals surface area contributed by atoms with Crippen LogP contribution in [0.2, 0.25) is 0 Å². The van der Waals surface area contributed by atoms with Crippen LogP contribution in [0.4, 0.5) is 0 Å². The fourth-order valence-electron chi connectivity index (χ4n) is 1.85. The molecule has 1 rings (SSSR count). The van der Waals surface area contributed by atoms with E-state index in [-0.39, 0.29) is 0 Å². The molecule has 0 saturated carbocycles. The summed E-state index contributed by atoms with van der Waals surface area (Å²) in [6, 6.07) is 10.5. The third kappa shape index (κ3) is 6.74. The van der Waals surface area contributed by atoms with E-state index >= 15 is 0 Å². The Hall–Kier alpha value is -1.35.